The number of hydrogen-bond donors (Lipinski definition) is 2. The third-order valence-corrected chi connectivity index (χ3v) is 4.86. The number of aryl methyl sites for hydroxylation is 2. The van der Waals surface area contributed by atoms with Crippen LogP contribution >= 0.6 is 11.8 Å². The average Bonchev–Trinajstić information content (AvgIpc) is 2.52. The van der Waals surface area contributed by atoms with Crippen molar-refractivity contribution in [3.05, 3.63) is 29.3 Å². The Bertz CT molecular complexity index is 542. The van der Waals surface area contributed by atoms with E-state index in [1.165, 1.54) is 11.1 Å². The molecule has 1 aromatic rings. The van der Waals surface area contributed by atoms with Crippen LogP contribution < -0.4 is 10.6 Å². The highest BCUT2D eigenvalue weighted by Crippen LogP contribution is 2.25. The molecule has 1 heterocycles. The molecule has 0 fully saturated rings. The number of para-hydroxylation sites is 1. The van der Waals surface area contributed by atoms with Gasteiger partial charge < -0.3 is 10.6 Å². The van der Waals surface area contributed by atoms with Crippen molar-refractivity contribution < 1.29 is 4.79 Å². The van der Waals surface area contributed by atoms with Gasteiger partial charge in [0.15, 0.2) is 5.17 Å². The molecule has 116 valence electrons. The van der Waals surface area contributed by atoms with Gasteiger partial charge in [-0.15, -0.1) is 0 Å². The SMILES string of the molecule is [B]CC(=O)NCCC1CN=C(Nc2c(C)cccc2C)SC1. The Morgan fingerprint density at radius 1 is 1.41 bits per heavy atom. The molecule has 4 nitrogen and oxygen atoms in total. The van der Waals surface area contributed by atoms with E-state index >= 15 is 0 Å². The molecule has 1 aliphatic heterocycles. The molecule has 22 heavy (non-hydrogen) atoms. The summed E-state index contributed by atoms with van der Waals surface area (Å²) in [6.07, 6.45) is 1.00. The minimum Gasteiger partial charge on any atom is -0.357 e. The first-order valence-electron chi connectivity index (χ1n) is 7.57. The maximum absolute atomic E-state index is 11.1. The van der Waals surface area contributed by atoms with Gasteiger partial charge in [0.2, 0.25) is 5.91 Å². The second kappa shape index (κ2) is 8.27. The molecule has 1 aromatic carbocycles. The molecule has 2 rings (SSSR count). The van der Waals surface area contributed by atoms with Crippen LogP contribution in [0.1, 0.15) is 17.5 Å². The molecule has 0 saturated heterocycles. The van der Waals surface area contributed by atoms with Gasteiger partial charge in [0, 0.05) is 24.5 Å². The van der Waals surface area contributed by atoms with E-state index in [4.69, 9.17) is 7.85 Å². The fourth-order valence-electron chi connectivity index (χ4n) is 2.36. The maximum atomic E-state index is 11.1. The first-order chi connectivity index (χ1) is 10.6. The lowest BCUT2D eigenvalue weighted by Crippen LogP contribution is -2.28. The highest BCUT2D eigenvalue weighted by molar-refractivity contribution is 8.14. The molecule has 1 unspecified atom stereocenters. The predicted octanol–water partition coefficient (Wildman–Crippen LogP) is 2.53. The normalized spacial score (nSPS) is 17.7. The van der Waals surface area contributed by atoms with Crippen molar-refractivity contribution in [1.29, 1.82) is 0 Å². The van der Waals surface area contributed by atoms with Crippen LogP contribution in [0, 0.1) is 19.8 Å². The molecule has 2 N–H and O–H groups in total. The van der Waals surface area contributed by atoms with E-state index in [2.05, 4.69) is 47.7 Å². The maximum Gasteiger partial charge on any atom is 0.211 e. The number of amides is 1. The van der Waals surface area contributed by atoms with Crippen LogP contribution in [0.4, 0.5) is 5.69 Å². The number of aliphatic imine (C=N–C) groups is 1. The van der Waals surface area contributed by atoms with Gasteiger partial charge in [-0.2, -0.15) is 0 Å². The van der Waals surface area contributed by atoms with E-state index in [-0.39, 0.29) is 12.2 Å². The van der Waals surface area contributed by atoms with E-state index in [0.717, 1.165) is 29.6 Å². The van der Waals surface area contributed by atoms with Crippen molar-refractivity contribution in [3.8, 4) is 0 Å². The fraction of sp³-hybridized carbons (Fsp3) is 0.500. The highest BCUT2D eigenvalue weighted by atomic mass is 32.2. The number of hydrogen-bond acceptors (Lipinski definition) is 4. The van der Waals surface area contributed by atoms with E-state index in [9.17, 15) is 4.79 Å². The number of thioether (sulfide) groups is 1. The summed E-state index contributed by atoms with van der Waals surface area (Å²) in [4.78, 5) is 15.7. The van der Waals surface area contributed by atoms with Crippen molar-refractivity contribution in [1.82, 2.24) is 5.32 Å². The summed E-state index contributed by atoms with van der Waals surface area (Å²) < 4.78 is 0. The first kappa shape index (κ1) is 16.9. The number of carbonyl (C=O) groups excluding carboxylic acids is 1. The van der Waals surface area contributed by atoms with Gasteiger partial charge in [0.25, 0.3) is 0 Å². The molecule has 1 amide bonds. The van der Waals surface area contributed by atoms with Gasteiger partial charge in [-0.3, -0.25) is 9.79 Å². The van der Waals surface area contributed by atoms with Gasteiger partial charge in [-0.05, 0) is 43.6 Å². The lowest BCUT2D eigenvalue weighted by molar-refractivity contribution is -0.118. The van der Waals surface area contributed by atoms with Crippen LogP contribution in [0.5, 0.6) is 0 Å². The second-order valence-electron chi connectivity index (χ2n) is 5.56. The van der Waals surface area contributed by atoms with E-state index in [0.29, 0.717) is 12.5 Å². The molecular formula is C16H22BN3OS. The van der Waals surface area contributed by atoms with Gasteiger partial charge in [-0.1, -0.05) is 30.0 Å². The number of anilines is 1. The molecule has 0 aliphatic carbocycles. The summed E-state index contributed by atoms with van der Waals surface area (Å²) in [5.74, 6) is 1.44. The van der Waals surface area contributed by atoms with Crippen LogP contribution in [0.2, 0.25) is 6.32 Å². The monoisotopic (exact) mass is 315 g/mol. The standard InChI is InChI=1S/C16H22BN3OS/c1-11-4-3-5-12(2)15(11)20-16-19-9-13(10-22-16)6-7-18-14(21)8-17/h3-5,13H,6-10H2,1-2H3,(H,18,21)(H,19,20). The summed E-state index contributed by atoms with van der Waals surface area (Å²) in [5.41, 5.74) is 3.62. The van der Waals surface area contributed by atoms with Crippen molar-refractivity contribution in [2.45, 2.75) is 26.6 Å². The third kappa shape index (κ3) is 4.80. The van der Waals surface area contributed by atoms with E-state index in [1.54, 1.807) is 11.8 Å². The molecule has 6 heteroatoms. The summed E-state index contributed by atoms with van der Waals surface area (Å²) in [5, 5.41) is 7.24. The number of benzene rings is 1. The average molecular weight is 315 g/mol. The minimum atomic E-state index is -0.0932. The zero-order valence-corrected chi connectivity index (χ0v) is 14.0. The quantitative estimate of drug-likeness (QED) is 0.821. The smallest absolute Gasteiger partial charge is 0.211 e. The molecule has 0 bridgehead atoms. The number of nitrogens with one attached hydrogen (secondary N) is 2. The molecule has 1 atom stereocenters. The Balaban J connectivity index is 1.83. The van der Waals surface area contributed by atoms with Gasteiger partial charge in [0.05, 0.1) is 7.85 Å². The summed E-state index contributed by atoms with van der Waals surface area (Å²) >= 11 is 1.75. The van der Waals surface area contributed by atoms with Crippen molar-refractivity contribution in [3.63, 3.8) is 0 Å². The Kier molecular flexibility index (Phi) is 6.37. The van der Waals surface area contributed by atoms with Gasteiger partial charge in [-0.25, -0.2) is 0 Å². The van der Waals surface area contributed by atoms with E-state index in [1.807, 2.05) is 0 Å². The molecule has 2 radical (unpaired) electrons. The van der Waals surface area contributed by atoms with Gasteiger partial charge >= 0.3 is 0 Å². The van der Waals surface area contributed by atoms with Crippen LogP contribution in [0.15, 0.2) is 23.2 Å². The predicted molar refractivity (Wildman–Crippen MR) is 96.0 cm³/mol. The van der Waals surface area contributed by atoms with Crippen molar-refractivity contribution >= 4 is 36.4 Å². The molecule has 0 saturated carbocycles. The number of rotatable bonds is 5. The minimum absolute atomic E-state index is 0.0570. The lowest BCUT2D eigenvalue weighted by Gasteiger charge is -2.22. The Morgan fingerprint density at radius 3 is 2.73 bits per heavy atom. The van der Waals surface area contributed by atoms with Crippen LogP contribution in [0.3, 0.4) is 0 Å². The van der Waals surface area contributed by atoms with Crippen LogP contribution in [0.25, 0.3) is 0 Å². The molecule has 1 aliphatic rings. The Hall–Kier alpha value is -1.43. The van der Waals surface area contributed by atoms with Gasteiger partial charge in [0.1, 0.15) is 0 Å². The molecule has 0 aromatic heterocycles. The summed E-state index contributed by atoms with van der Waals surface area (Å²) in [7, 11) is 5.26. The Labute approximate surface area is 138 Å². The largest absolute Gasteiger partial charge is 0.357 e. The van der Waals surface area contributed by atoms with Crippen molar-refractivity contribution in [2.75, 3.05) is 24.2 Å². The first-order valence-corrected chi connectivity index (χ1v) is 8.56. The number of nitrogens with zero attached hydrogens (tertiary/aromatic N) is 1. The van der Waals surface area contributed by atoms with Crippen LogP contribution in [-0.2, 0) is 4.79 Å². The molecular weight excluding hydrogens is 293 g/mol. The fourth-order valence-corrected chi connectivity index (χ4v) is 3.37. The zero-order chi connectivity index (χ0) is 15.9. The Morgan fingerprint density at radius 2 is 2.14 bits per heavy atom. The number of carbonyl (C=O) groups is 1. The topological polar surface area (TPSA) is 53.5 Å². The molecule has 0 spiro atoms. The zero-order valence-electron chi connectivity index (χ0n) is 13.2. The third-order valence-electron chi connectivity index (χ3n) is 3.72. The van der Waals surface area contributed by atoms with Crippen molar-refractivity contribution in [2.24, 2.45) is 10.9 Å². The van der Waals surface area contributed by atoms with E-state index < -0.39 is 0 Å². The highest BCUT2D eigenvalue weighted by Gasteiger charge is 2.17. The summed E-state index contributed by atoms with van der Waals surface area (Å²) in [6, 6.07) is 6.27. The summed E-state index contributed by atoms with van der Waals surface area (Å²) in [6.45, 7) is 5.69. The lowest BCUT2D eigenvalue weighted by atomic mass is 10.0. The van der Waals surface area contributed by atoms with Crippen LogP contribution in [-0.4, -0.2) is 37.8 Å². The number of amidine groups is 1. The second-order valence-corrected chi connectivity index (χ2v) is 6.57.